The van der Waals surface area contributed by atoms with E-state index in [-0.39, 0.29) is 19.1 Å². The number of anilines is 1. The van der Waals surface area contributed by atoms with Crippen LogP contribution in [0.25, 0.3) is 0 Å². The van der Waals surface area contributed by atoms with Gasteiger partial charge in [-0.05, 0) is 25.0 Å². The minimum atomic E-state index is -1.22. The van der Waals surface area contributed by atoms with Crippen LogP contribution in [0.15, 0.2) is 24.3 Å². The maximum absolute atomic E-state index is 12.4. The maximum Gasteiger partial charge on any atom is 0.329 e. The highest BCUT2D eigenvalue weighted by atomic mass is 16.5. The van der Waals surface area contributed by atoms with E-state index in [0.29, 0.717) is 24.3 Å². The molecule has 128 valence electrons. The summed E-state index contributed by atoms with van der Waals surface area (Å²) < 4.78 is 5.34. The molecule has 24 heavy (non-hydrogen) atoms. The fourth-order valence-electron chi connectivity index (χ4n) is 3.32. The zero-order valence-corrected chi connectivity index (χ0v) is 13.3. The Morgan fingerprint density at radius 1 is 1.21 bits per heavy atom. The standard InChI is InChI=1S/C17H20N2O5/c20-14(18-17(16(22)23)8-4-1-5-9-17)10-19-12-6-2-3-7-13(12)24-11-15(19)21/h2-3,6-7H,1,4-5,8-11H2,(H,18,20)(H,22,23). The van der Waals surface area contributed by atoms with Gasteiger partial charge in [-0.2, -0.15) is 0 Å². The number of rotatable bonds is 4. The molecule has 7 heteroatoms. The van der Waals surface area contributed by atoms with Gasteiger partial charge in [-0.3, -0.25) is 14.5 Å². The second-order valence-electron chi connectivity index (χ2n) is 6.23. The van der Waals surface area contributed by atoms with E-state index in [4.69, 9.17) is 4.74 Å². The van der Waals surface area contributed by atoms with Gasteiger partial charge in [-0.1, -0.05) is 31.4 Å². The second kappa shape index (κ2) is 6.51. The van der Waals surface area contributed by atoms with Gasteiger partial charge >= 0.3 is 5.97 Å². The lowest BCUT2D eigenvalue weighted by atomic mass is 9.81. The third-order valence-electron chi connectivity index (χ3n) is 4.61. The van der Waals surface area contributed by atoms with Gasteiger partial charge in [0.25, 0.3) is 5.91 Å². The molecule has 1 fully saturated rings. The molecule has 1 aromatic rings. The molecule has 2 amide bonds. The zero-order valence-electron chi connectivity index (χ0n) is 13.3. The van der Waals surface area contributed by atoms with Crippen molar-refractivity contribution in [2.45, 2.75) is 37.6 Å². The van der Waals surface area contributed by atoms with Crippen LogP contribution in [0.1, 0.15) is 32.1 Å². The number of carbonyl (C=O) groups is 3. The fraction of sp³-hybridized carbons (Fsp3) is 0.471. The van der Waals surface area contributed by atoms with Gasteiger partial charge in [-0.15, -0.1) is 0 Å². The summed E-state index contributed by atoms with van der Waals surface area (Å²) in [6.07, 6.45) is 3.35. The molecule has 1 aliphatic carbocycles. The third-order valence-corrected chi connectivity index (χ3v) is 4.61. The molecule has 0 atom stereocenters. The van der Waals surface area contributed by atoms with E-state index in [1.54, 1.807) is 24.3 Å². The Hall–Kier alpha value is -2.57. The summed E-state index contributed by atoms with van der Waals surface area (Å²) in [5.74, 6) is -1.26. The Morgan fingerprint density at radius 2 is 1.92 bits per heavy atom. The van der Waals surface area contributed by atoms with E-state index in [1.165, 1.54) is 4.90 Å². The summed E-state index contributed by atoms with van der Waals surface area (Å²) in [7, 11) is 0. The molecule has 1 saturated carbocycles. The van der Waals surface area contributed by atoms with Crippen molar-refractivity contribution in [3.05, 3.63) is 24.3 Å². The third kappa shape index (κ3) is 3.06. The monoisotopic (exact) mass is 332 g/mol. The molecular weight excluding hydrogens is 312 g/mol. The average Bonchev–Trinajstić information content (AvgIpc) is 2.58. The zero-order chi connectivity index (χ0) is 17.2. The molecule has 0 saturated heterocycles. The normalized spacial score (nSPS) is 19.2. The molecular formula is C17H20N2O5. The van der Waals surface area contributed by atoms with Crippen molar-refractivity contribution in [2.24, 2.45) is 0 Å². The minimum Gasteiger partial charge on any atom is -0.482 e. The number of nitrogens with zero attached hydrogens (tertiary/aromatic N) is 1. The van der Waals surface area contributed by atoms with Crippen LogP contribution in [0.5, 0.6) is 5.75 Å². The number of nitrogens with one attached hydrogen (secondary N) is 1. The Bertz CT molecular complexity index is 667. The Balaban J connectivity index is 1.75. The fourth-order valence-corrected chi connectivity index (χ4v) is 3.32. The van der Waals surface area contributed by atoms with Crippen molar-refractivity contribution in [2.75, 3.05) is 18.1 Å². The van der Waals surface area contributed by atoms with E-state index in [0.717, 1.165) is 19.3 Å². The van der Waals surface area contributed by atoms with Crippen molar-refractivity contribution in [1.82, 2.24) is 5.32 Å². The molecule has 2 aliphatic rings. The van der Waals surface area contributed by atoms with Crippen LogP contribution < -0.4 is 15.0 Å². The molecule has 1 aromatic carbocycles. The number of amides is 2. The maximum atomic E-state index is 12.4. The summed E-state index contributed by atoms with van der Waals surface area (Å²) in [4.78, 5) is 37.5. The quantitative estimate of drug-likeness (QED) is 0.867. The van der Waals surface area contributed by atoms with Crippen LogP contribution in [0.4, 0.5) is 5.69 Å². The first-order valence-corrected chi connectivity index (χ1v) is 8.08. The molecule has 0 radical (unpaired) electrons. The molecule has 1 aliphatic heterocycles. The van der Waals surface area contributed by atoms with Crippen molar-refractivity contribution in [1.29, 1.82) is 0 Å². The van der Waals surface area contributed by atoms with E-state index >= 15 is 0 Å². The van der Waals surface area contributed by atoms with E-state index < -0.39 is 17.4 Å². The molecule has 2 N–H and O–H groups in total. The number of aliphatic carboxylic acids is 1. The minimum absolute atomic E-state index is 0.131. The number of ether oxygens (including phenoxy) is 1. The number of hydrogen-bond donors (Lipinski definition) is 2. The SMILES string of the molecule is O=C(CN1C(=O)COc2ccccc21)NC1(C(=O)O)CCCCC1. The number of carboxylic acid groups (broad SMARTS) is 1. The summed E-state index contributed by atoms with van der Waals surface area (Å²) >= 11 is 0. The molecule has 0 aromatic heterocycles. The van der Waals surface area contributed by atoms with Crippen LogP contribution >= 0.6 is 0 Å². The first kappa shape index (κ1) is 16.3. The second-order valence-corrected chi connectivity index (χ2v) is 6.23. The van der Waals surface area contributed by atoms with Crippen molar-refractivity contribution in [3.8, 4) is 5.75 Å². The number of hydrogen-bond acceptors (Lipinski definition) is 4. The summed E-state index contributed by atoms with van der Waals surface area (Å²) in [6, 6.07) is 6.97. The van der Waals surface area contributed by atoms with Crippen LogP contribution in [-0.4, -0.2) is 41.6 Å². The molecule has 0 unspecified atom stereocenters. The van der Waals surface area contributed by atoms with Gasteiger partial charge in [0.1, 0.15) is 17.8 Å². The van der Waals surface area contributed by atoms with Gasteiger partial charge in [0.15, 0.2) is 6.61 Å². The highest BCUT2D eigenvalue weighted by Gasteiger charge is 2.41. The molecule has 0 spiro atoms. The number of benzene rings is 1. The van der Waals surface area contributed by atoms with Gasteiger partial charge in [-0.25, -0.2) is 4.79 Å². The smallest absolute Gasteiger partial charge is 0.329 e. The Kier molecular flexibility index (Phi) is 4.42. The summed E-state index contributed by atoms with van der Waals surface area (Å²) in [6.45, 7) is -0.345. The number of fused-ring (bicyclic) bond motifs is 1. The lowest BCUT2D eigenvalue weighted by Gasteiger charge is -2.35. The average molecular weight is 332 g/mol. The van der Waals surface area contributed by atoms with Crippen LogP contribution in [0.3, 0.4) is 0 Å². The predicted molar refractivity (Wildman–Crippen MR) is 85.9 cm³/mol. The van der Waals surface area contributed by atoms with Crippen molar-refractivity contribution < 1.29 is 24.2 Å². The topological polar surface area (TPSA) is 95.9 Å². The van der Waals surface area contributed by atoms with Gasteiger partial charge < -0.3 is 15.2 Å². The summed E-state index contributed by atoms with van der Waals surface area (Å²) in [5.41, 5.74) is -0.693. The first-order chi connectivity index (χ1) is 11.5. The Morgan fingerprint density at radius 3 is 2.62 bits per heavy atom. The first-order valence-electron chi connectivity index (χ1n) is 8.08. The number of carbonyl (C=O) groups excluding carboxylic acids is 2. The highest BCUT2D eigenvalue weighted by molar-refractivity contribution is 6.02. The predicted octanol–water partition coefficient (Wildman–Crippen LogP) is 1.32. The van der Waals surface area contributed by atoms with Gasteiger partial charge in [0.05, 0.1) is 5.69 Å². The van der Waals surface area contributed by atoms with Crippen LogP contribution in [0.2, 0.25) is 0 Å². The molecule has 0 bridgehead atoms. The van der Waals surface area contributed by atoms with Crippen molar-refractivity contribution in [3.63, 3.8) is 0 Å². The number of carboxylic acids is 1. The highest BCUT2D eigenvalue weighted by Crippen LogP contribution is 2.32. The van der Waals surface area contributed by atoms with E-state index in [2.05, 4.69) is 5.32 Å². The van der Waals surface area contributed by atoms with E-state index in [1.807, 2.05) is 0 Å². The van der Waals surface area contributed by atoms with Crippen molar-refractivity contribution >= 4 is 23.5 Å². The largest absolute Gasteiger partial charge is 0.482 e. The Labute approximate surface area is 139 Å². The molecule has 7 nitrogen and oxygen atoms in total. The van der Waals surface area contributed by atoms with Crippen LogP contribution in [0, 0.1) is 0 Å². The molecule has 1 heterocycles. The van der Waals surface area contributed by atoms with Gasteiger partial charge in [0, 0.05) is 0 Å². The van der Waals surface area contributed by atoms with E-state index in [9.17, 15) is 19.5 Å². The van der Waals surface area contributed by atoms with Crippen LogP contribution in [-0.2, 0) is 14.4 Å². The summed E-state index contributed by atoms with van der Waals surface area (Å²) in [5, 5.41) is 12.2. The van der Waals surface area contributed by atoms with Gasteiger partial charge in [0.2, 0.25) is 5.91 Å². The number of para-hydroxylation sites is 2. The lowest BCUT2D eigenvalue weighted by Crippen LogP contribution is -2.58. The molecule has 3 rings (SSSR count). The lowest BCUT2D eigenvalue weighted by molar-refractivity contribution is -0.149.